The van der Waals surface area contributed by atoms with E-state index in [0.717, 1.165) is 0 Å². The highest BCUT2D eigenvalue weighted by molar-refractivity contribution is 5.85. The van der Waals surface area contributed by atoms with Gasteiger partial charge in [0.25, 0.3) is 0 Å². The van der Waals surface area contributed by atoms with Crippen LogP contribution in [-0.4, -0.2) is 25.0 Å². The summed E-state index contributed by atoms with van der Waals surface area (Å²) in [7, 11) is 2.21. The van der Waals surface area contributed by atoms with Crippen molar-refractivity contribution >= 4 is 12.4 Å². The molecule has 1 saturated heterocycles. The van der Waals surface area contributed by atoms with E-state index in [9.17, 15) is 0 Å². The molecule has 1 fully saturated rings. The minimum atomic E-state index is 0. The van der Waals surface area contributed by atoms with Gasteiger partial charge < -0.3 is 4.90 Å². The Hall–Kier alpha value is 0.250. The van der Waals surface area contributed by atoms with Gasteiger partial charge in [-0.3, -0.25) is 0 Å². The average Bonchev–Trinajstić information content (AvgIpc) is 1.60. The molecule has 1 heterocycles. The molecule has 1 aliphatic rings. The topological polar surface area (TPSA) is 3.24 Å². The number of likely N-dealkylation sites (tertiary alicyclic amines) is 1. The highest BCUT2D eigenvalue weighted by Crippen LogP contribution is 2.26. The first-order valence-electron chi connectivity index (χ1n) is 3.79. The van der Waals surface area contributed by atoms with Crippen LogP contribution in [-0.2, 0) is 0 Å². The van der Waals surface area contributed by atoms with E-state index >= 15 is 0 Å². The fraction of sp³-hybridized carbons (Fsp3) is 1.00. The monoisotopic (exact) mass is 163 g/mol. The number of nitrogens with zero attached hydrogens (tertiary/aromatic N) is 1. The first-order chi connectivity index (χ1) is 4.10. The van der Waals surface area contributed by atoms with Crippen molar-refractivity contribution < 1.29 is 0 Å². The second-order valence-corrected chi connectivity index (χ2v) is 4.01. The first-order valence-corrected chi connectivity index (χ1v) is 3.79. The molecule has 2 heteroatoms. The van der Waals surface area contributed by atoms with Gasteiger partial charge in [0, 0.05) is 6.54 Å². The fourth-order valence-corrected chi connectivity index (χ4v) is 1.72. The predicted molar refractivity (Wildman–Crippen MR) is 47.8 cm³/mol. The largest absolute Gasteiger partial charge is 0.306 e. The van der Waals surface area contributed by atoms with Crippen molar-refractivity contribution in [2.45, 2.75) is 26.7 Å². The zero-order valence-electron chi connectivity index (χ0n) is 7.18. The molecule has 1 rings (SSSR count). The SMILES string of the molecule is CN1CCCC(C)(C)C1.Cl. The van der Waals surface area contributed by atoms with Crippen LogP contribution in [0, 0.1) is 5.41 Å². The van der Waals surface area contributed by atoms with Gasteiger partial charge in [0.1, 0.15) is 0 Å². The van der Waals surface area contributed by atoms with Crippen LogP contribution in [0.1, 0.15) is 26.7 Å². The zero-order chi connectivity index (χ0) is 6.91. The van der Waals surface area contributed by atoms with Crippen LogP contribution >= 0.6 is 12.4 Å². The van der Waals surface area contributed by atoms with Crippen molar-refractivity contribution in [3.05, 3.63) is 0 Å². The zero-order valence-corrected chi connectivity index (χ0v) is 8.00. The molecule has 0 aliphatic carbocycles. The Morgan fingerprint density at radius 1 is 1.30 bits per heavy atom. The number of piperidine rings is 1. The Morgan fingerprint density at radius 2 is 1.90 bits per heavy atom. The molecule has 0 saturated carbocycles. The fourth-order valence-electron chi connectivity index (χ4n) is 1.72. The van der Waals surface area contributed by atoms with E-state index in [0.29, 0.717) is 5.41 Å². The molecule has 0 spiro atoms. The van der Waals surface area contributed by atoms with Gasteiger partial charge in [-0.25, -0.2) is 0 Å². The average molecular weight is 164 g/mol. The molecular formula is C8H18ClN. The van der Waals surface area contributed by atoms with Gasteiger partial charge in [0.2, 0.25) is 0 Å². The summed E-state index contributed by atoms with van der Waals surface area (Å²) in [5.41, 5.74) is 0.576. The third kappa shape index (κ3) is 2.89. The quantitative estimate of drug-likeness (QED) is 0.529. The molecule has 10 heavy (non-hydrogen) atoms. The smallest absolute Gasteiger partial charge is 0.00296 e. The summed E-state index contributed by atoms with van der Waals surface area (Å²) in [6.45, 7) is 7.27. The summed E-state index contributed by atoms with van der Waals surface area (Å²) in [6, 6.07) is 0. The standard InChI is InChI=1S/C8H17N.ClH/c1-8(2)5-4-6-9(3)7-8;/h4-7H2,1-3H3;1H. The number of rotatable bonds is 0. The Balaban J connectivity index is 0.000000810. The second kappa shape index (κ2) is 3.59. The summed E-state index contributed by atoms with van der Waals surface area (Å²) < 4.78 is 0. The van der Waals surface area contributed by atoms with E-state index in [1.54, 1.807) is 0 Å². The molecule has 0 amide bonds. The van der Waals surface area contributed by atoms with E-state index in [2.05, 4.69) is 25.8 Å². The van der Waals surface area contributed by atoms with E-state index in [-0.39, 0.29) is 12.4 Å². The highest BCUT2D eigenvalue weighted by Gasteiger charge is 2.23. The number of hydrogen-bond acceptors (Lipinski definition) is 1. The summed E-state index contributed by atoms with van der Waals surface area (Å²) >= 11 is 0. The predicted octanol–water partition coefficient (Wildman–Crippen LogP) is 2.16. The maximum Gasteiger partial charge on any atom is 0.00296 e. The Morgan fingerprint density at radius 3 is 2.20 bits per heavy atom. The van der Waals surface area contributed by atoms with Gasteiger partial charge in [0.05, 0.1) is 0 Å². The third-order valence-corrected chi connectivity index (χ3v) is 2.09. The lowest BCUT2D eigenvalue weighted by molar-refractivity contribution is 0.143. The molecule has 0 aromatic heterocycles. The van der Waals surface area contributed by atoms with E-state index in [1.165, 1.54) is 25.9 Å². The molecule has 0 unspecified atom stereocenters. The van der Waals surface area contributed by atoms with Crippen molar-refractivity contribution in [3.63, 3.8) is 0 Å². The van der Waals surface area contributed by atoms with Gasteiger partial charge in [-0.15, -0.1) is 12.4 Å². The minimum absolute atomic E-state index is 0. The molecule has 1 nitrogen and oxygen atoms in total. The van der Waals surface area contributed by atoms with Crippen molar-refractivity contribution in [1.29, 1.82) is 0 Å². The van der Waals surface area contributed by atoms with Crippen LogP contribution in [0.25, 0.3) is 0 Å². The first kappa shape index (κ1) is 10.2. The number of hydrogen-bond donors (Lipinski definition) is 0. The minimum Gasteiger partial charge on any atom is -0.306 e. The van der Waals surface area contributed by atoms with Gasteiger partial charge in [-0.1, -0.05) is 13.8 Å². The van der Waals surface area contributed by atoms with Crippen molar-refractivity contribution in [1.82, 2.24) is 4.90 Å². The molecule has 0 N–H and O–H groups in total. The van der Waals surface area contributed by atoms with Crippen LogP contribution in [0.5, 0.6) is 0 Å². The Bertz CT molecular complexity index is 101. The molecule has 62 valence electrons. The Labute approximate surface area is 70.2 Å². The van der Waals surface area contributed by atoms with Crippen molar-refractivity contribution in [2.75, 3.05) is 20.1 Å². The van der Waals surface area contributed by atoms with Crippen LogP contribution in [0.3, 0.4) is 0 Å². The second-order valence-electron chi connectivity index (χ2n) is 4.01. The molecule has 0 aromatic carbocycles. The number of halogens is 1. The van der Waals surface area contributed by atoms with Crippen molar-refractivity contribution in [3.8, 4) is 0 Å². The lowest BCUT2D eigenvalue weighted by atomic mass is 9.84. The molecule has 0 bridgehead atoms. The van der Waals surface area contributed by atoms with Gasteiger partial charge in [-0.2, -0.15) is 0 Å². The summed E-state index contributed by atoms with van der Waals surface area (Å²) in [6.07, 6.45) is 2.78. The summed E-state index contributed by atoms with van der Waals surface area (Å²) in [5, 5.41) is 0. The van der Waals surface area contributed by atoms with E-state index in [4.69, 9.17) is 0 Å². The van der Waals surface area contributed by atoms with Gasteiger partial charge >= 0.3 is 0 Å². The maximum absolute atomic E-state index is 2.42. The van der Waals surface area contributed by atoms with Crippen LogP contribution in [0.2, 0.25) is 0 Å². The van der Waals surface area contributed by atoms with Gasteiger partial charge in [-0.05, 0) is 31.8 Å². The molecule has 0 atom stereocenters. The normalized spacial score (nSPS) is 25.5. The van der Waals surface area contributed by atoms with E-state index < -0.39 is 0 Å². The molecule has 0 aromatic rings. The molecule has 1 aliphatic heterocycles. The van der Waals surface area contributed by atoms with Crippen LogP contribution in [0.15, 0.2) is 0 Å². The highest BCUT2D eigenvalue weighted by atomic mass is 35.5. The lowest BCUT2D eigenvalue weighted by Crippen LogP contribution is -2.37. The van der Waals surface area contributed by atoms with Crippen LogP contribution in [0.4, 0.5) is 0 Å². The molecule has 0 radical (unpaired) electrons. The lowest BCUT2D eigenvalue weighted by Gasteiger charge is -2.35. The Kier molecular flexibility index (Phi) is 3.68. The van der Waals surface area contributed by atoms with Crippen LogP contribution < -0.4 is 0 Å². The third-order valence-electron chi connectivity index (χ3n) is 2.09. The molecular weight excluding hydrogens is 146 g/mol. The summed E-state index contributed by atoms with van der Waals surface area (Å²) in [4.78, 5) is 2.42. The maximum atomic E-state index is 2.42. The summed E-state index contributed by atoms with van der Waals surface area (Å²) in [5.74, 6) is 0. The van der Waals surface area contributed by atoms with E-state index in [1.807, 2.05) is 0 Å². The van der Waals surface area contributed by atoms with Crippen molar-refractivity contribution in [2.24, 2.45) is 5.41 Å². The van der Waals surface area contributed by atoms with Gasteiger partial charge in [0.15, 0.2) is 0 Å².